The Hall–Kier alpha value is 1.04. The third kappa shape index (κ3) is 11.7. The summed E-state index contributed by atoms with van der Waals surface area (Å²) in [5.41, 5.74) is 0. The summed E-state index contributed by atoms with van der Waals surface area (Å²) in [5, 5.41) is 7.03. The summed E-state index contributed by atoms with van der Waals surface area (Å²) in [6.45, 7) is 0. The first-order valence-corrected chi connectivity index (χ1v) is 0.890. The summed E-state index contributed by atoms with van der Waals surface area (Å²) in [7, 11) is 1.63. The molecule has 0 bridgehead atoms. The van der Waals surface area contributed by atoms with Crippen LogP contribution in [-0.2, 0) is 25.7 Å². The minimum absolute atomic E-state index is 0. The Morgan fingerprint density at radius 2 is 1.75 bits per heavy atom. The van der Waals surface area contributed by atoms with E-state index in [-0.39, 0.29) is 21.1 Å². The molecule has 0 aliphatic rings. The van der Waals surface area contributed by atoms with Crippen LogP contribution < -0.4 is 0 Å². The maximum absolute atomic E-state index is 7.03. The molecule has 0 amide bonds. The van der Waals surface area contributed by atoms with Gasteiger partial charge in [-0.3, -0.25) is 0 Å². The van der Waals surface area contributed by atoms with E-state index in [1.54, 1.807) is 9.47 Å². The molecule has 0 aromatic carbocycles. The first-order valence-electron chi connectivity index (χ1n) is 0.418. The van der Waals surface area contributed by atoms with Gasteiger partial charge in [0, 0.05) is 30.5 Å². The molecule has 0 radical (unpaired) electrons. The minimum atomic E-state index is 0. The van der Waals surface area contributed by atoms with Crippen molar-refractivity contribution < 1.29 is 31.0 Å². The van der Waals surface area contributed by atoms with Gasteiger partial charge in [0.25, 0.3) is 0 Å². The Bertz CT molecular complexity index is 6.00. The maximum atomic E-state index is 7.03. The van der Waals surface area contributed by atoms with Crippen LogP contribution in [0.3, 0.4) is 0 Å². The monoisotopic (exact) mass is 250 g/mol. The standard InChI is InChI=1S/H3O2P.W/c1-2-3;/h1H,3H2;. The maximum Gasteiger partial charge on any atom is 0.0418 e. The Morgan fingerprint density at radius 1 is 1.75 bits per heavy atom. The number of rotatable bonds is 0. The van der Waals surface area contributed by atoms with Gasteiger partial charge in [-0.1, -0.05) is 0 Å². The van der Waals surface area contributed by atoms with Crippen molar-refractivity contribution in [3.63, 3.8) is 0 Å². The van der Waals surface area contributed by atoms with E-state index in [1.165, 1.54) is 0 Å². The topological polar surface area (TPSA) is 29.5 Å². The fourth-order valence-electron chi connectivity index (χ4n) is 0. The fourth-order valence-corrected chi connectivity index (χ4v) is 0. The van der Waals surface area contributed by atoms with E-state index in [2.05, 4.69) is 4.67 Å². The zero-order valence-electron chi connectivity index (χ0n) is 1.84. The van der Waals surface area contributed by atoms with Gasteiger partial charge in [0.1, 0.15) is 0 Å². The number of hydrogen-bond acceptors (Lipinski definition) is 2. The number of hydrogen-bond donors (Lipinski definition) is 1. The van der Waals surface area contributed by atoms with Crippen LogP contribution in [0.25, 0.3) is 0 Å². The quantitative estimate of drug-likeness (QED) is 0.379. The molecular weight excluding hydrogens is 247 g/mol. The van der Waals surface area contributed by atoms with Crippen LogP contribution >= 0.6 is 9.47 Å². The fraction of sp³-hybridized carbons (Fsp3) is 0. The molecule has 0 spiro atoms. The van der Waals surface area contributed by atoms with Gasteiger partial charge in [0.05, 0.1) is 0 Å². The molecule has 4 heavy (non-hydrogen) atoms. The van der Waals surface area contributed by atoms with Crippen LogP contribution in [0.15, 0.2) is 0 Å². The van der Waals surface area contributed by atoms with Crippen LogP contribution in [0.5, 0.6) is 0 Å². The van der Waals surface area contributed by atoms with E-state index in [9.17, 15) is 0 Å². The van der Waals surface area contributed by atoms with Crippen LogP contribution in [0.2, 0.25) is 0 Å². The smallest absolute Gasteiger partial charge is 0.0418 e. The predicted octanol–water partition coefficient (Wildman–Crippen LogP) is 0.264. The van der Waals surface area contributed by atoms with Crippen molar-refractivity contribution in [2.24, 2.45) is 0 Å². The SMILES string of the molecule is OOP.[W]. The van der Waals surface area contributed by atoms with Crippen molar-refractivity contribution >= 4 is 9.47 Å². The second kappa shape index (κ2) is 8.97. The van der Waals surface area contributed by atoms with Gasteiger partial charge in [-0.15, -0.1) is 0 Å². The Balaban J connectivity index is 0. The Labute approximate surface area is 41.0 Å². The molecule has 26 valence electrons. The summed E-state index contributed by atoms with van der Waals surface area (Å²) < 4.78 is 3.17. The van der Waals surface area contributed by atoms with Crippen molar-refractivity contribution in [2.75, 3.05) is 0 Å². The van der Waals surface area contributed by atoms with E-state index in [0.717, 1.165) is 0 Å². The normalized spacial score (nSPS) is 4.50. The van der Waals surface area contributed by atoms with Gasteiger partial charge in [-0.05, 0) is 0 Å². The molecule has 0 aliphatic carbocycles. The van der Waals surface area contributed by atoms with Crippen LogP contribution in [-0.4, -0.2) is 5.26 Å². The van der Waals surface area contributed by atoms with Crippen LogP contribution in [0.1, 0.15) is 0 Å². The van der Waals surface area contributed by atoms with Gasteiger partial charge in [0.15, 0.2) is 0 Å². The molecule has 4 heteroatoms. The molecule has 0 saturated carbocycles. The molecule has 0 fully saturated rings. The Kier molecular flexibility index (Phi) is 20.0. The van der Waals surface area contributed by atoms with Crippen LogP contribution in [0, 0.1) is 0 Å². The van der Waals surface area contributed by atoms with Crippen molar-refractivity contribution in [3.8, 4) is 0 Å². The van der Waals surface area contributed by atoms with Gasteiger partial charge < -0.3 is 0 Å². The van der Waals surface area contributed by atoms with Gasteiger partial charge >= 0.3 is 0 Å². The van der Waals surface area contributed by atoms with Crippen molar-refractivity contribution in [1.82, 2.24) is 0 Å². The van der Waals surface area contributed by atoms with E-state index in [1.807, 2.05) is 0 Å². The second-order valence-electron chi connectivity index (χ2n) is 0.105. The molecule has 1 atom stereocenters. The molecule has 1 unspecified atom stereocenters. The van der Waals surface area contributed by atoms with E-state index in [4.69, 9.17) is 5.26 Å². The van der Waals surface area contributed by atoms with Gasteiger partial charge in [0.2, 0.25) is 0 Å². The van der Waals surface area contributed by atoms with Crippen molar-refractivity contribution in [3.05, 3.63) is 0 Å². The van der Waals surface area contributed by atoms with Gasteiger partial charge in [-0.25, -0.2) is 9.93 Å². The Morgan fingerprint density at radius 3 is 1.75 bits per heavy atom. The second-order valence-corrected chi connectivity index (χ2v) is 0.316. The molecule has 0 aromatic heterocycles. The molecule has 1 N–H and O–H groups in total. The summed E-state index contributed by atoms with van der Waals surface area (Å²) >= 11 is 0. The van der Waals surface area contributed by atoms with Crippen molar-refractivity contribution in [2.45, 2.75) is 0 Å². The first-order chi connectivity index (χ1) is 1.41. The molecule has 0 aromatic rings. The molecule has 2 nitrogen and oxygen atoms in total. The van der Waals surface area contributed by atoms with Crippen LogP contribution in [0.4, 0.5) is 0 Å². The van der Waals surface area contributed by atoms with E-state index < -0.39 is 0 Å². The third-order valence-corrected chi connectivity index (χ3v) is 0. The zero-order valence-corrected chi connectivity index (χ0v) is 5.93. The average molecular weight is 250 g/mol. The van der Waals surface area contributed by atoms with E-state index >= 15 is 0 Å². The zero-order chi connectivity index (χ0) is 2.71. The predicted molar refractivity (Wildman–Crippen MR) is 13.4 cm³/mol. The molecule has 0 aliphatic heterocycles. The third-order valence-electron chi connectivity index (χ3n) is 0. The summed E-state index contributed by atoms with van der Waals surface area (Å²) in [6.07, 6.45) is 0. The van der Waals surface area contributed by atoms with Gasteiger partial charge in [-0.2, -0.15) is 0 Å². The molecule has 0 heterocycles. The summed E-state index contributed by atoms with van der Waals surface area (Å²) in [6, 6.07) is 0. The average Bonchev–Trinajstić information content (AvgIpc) is 0.918. The summed E-state index contributed by atoms with van der Waals surface area (Å²) in [4.78, 5) is 0. The largest absolute Gasteiger partial charge is 0.249 e. The van der Waals surface area contributed by atoms with E-state index in [0.29, 0.717) is 0 Å². The van der Waals surface area contributed by atoms with Crippen molar-refractivity contribution in [1.29, 1.82) is 0 Å². The molecule has 0 rings (SSSR count). The minimum Gasteiger partial charge on any atom is -0.249 e. The molecular formula is H3O2PW. The first kappa shape index (κ1) is 8.90. The molecule has 0 saturated heterocycles. The summed E-state index contributed by atoms with van der Waals surface area (Å²) in [5.74, 6) is 0.